The molecule has 0 saturated heterocycles. The zero-order valence-electron chi connectivity index (χ0n) is 21.3. The maximum atomic E-state index is 12.0. The Morgan fingerprint density at radius 1 is 1.19 bits per heavy atom. The molecule has 1 fully saturated rings. The number of rotatable bonds is 8. The number of anilines is 3. The standard InChI is InChI=1S/C26H29N9O2/c1-26(2,3)20-14-22(33-35(20)11-5-9-27)31-25-32-23-19(34(25)4)12-18(15-29-23)37-17-8-10-28-21(13-17)30-24(36)16-6-7-16/h8,10,12-16H,5-7,11H2,1-4H3,(H,28,30,36)(H,29,31,32,33). The fourth-order valence-electron chi connectivity index (χ4n) is 3.99. The molecule has 0 bridgehead atoms. The fourth-order valence-corrected chi connectivity index (χ4v) is 3.99. The molecule has 4 aromatic rings. The molecule has 1 amide bonds. The first-order valence-electron chi connectivity index (χ1n) is 12.2. The lowest BCUT2D eigenvalue weighted by atomic mass is 9.92. The van der Waals surface area contributed by atoms with Crippen LogP contribution in [0.15, 0.2) is 36.7 Å². The van der Waals surface area contributed by atoms with Gasteiger partial charge in [-0.1, -0.05) is 20.8 Å². The Kier molecular flexibility index (Phi) is 6.25. The van der Waals surface area contributed by atoms with Gasteiger partial charge in [-0.3, -0.25) is 9.48 Å². The highest BCUT2D eigenvalue weighted by Crippen LogP contribution is 2.31. The second kappa shape index (κ2) is 9.54. The summed E-state index contributed by atoms with van der Waals surface area (Å²) in [6.07, 6.45) is 5.44. The first-order chi connectivity index (χ1) is 17.7. The Hall–Kier alpha value is -4.46. The van der Waals surface area contributed by atoms with Crippen LogP contribution >= 0.6 is 0 Å². The van der Waals surface area contributed by atoms with Crippen LogP contribution in [0.2, 0.25) is 0 Å². The molecule has 11 nitrogen and oxygen atoms in total. The van der Waals surface area contributed by atoms with Crippen molar-refractivity contribution in [2.75, 3.05) is 10.6 Å². The number of hydrogen-bond donors (Lipinski definition) is 2. The minimum atomic E-state index is -0.129. The summed E-state index contributed by atoms with van der Waals surface area (Å²) in [5, 5.41) is 19.8. The van der Waals surface area contributed by atoms with Crippen LogP contribution in [0.25, 0.3) is 11.2 Å². The number of amides is 1. The van der Waals surface area contributed by atoms with Gasteiger partial charge in [-0.2, -0.15) is 15.3 Å². The number of hydrogen-bond acceptors (Lipinski definition) is 8. The van der Waals surface area contributed by atoms with Crippen LogP contribution in [0.5, 0.6) is 11.5 Å². The molecule has 4 heterocycles. The minimum Gasteiger partial charge on any atom is -0.455 e. The third-order valence-corrected chi connectivity index (χ3v) is 6.10. The lowest BCUT2D eigenvalue weighted by Gasteiger charge is -2.19. The van der Waals surface area contributed by atoms with E-state index >= 15 is 0 Å². The normalized spacial score (nSPS) is 13.4. The third kappa shape index (κ3) is 5.38. The van der Waals surface area contributed by atoms with Crippen molar-refractivity contribution in [2.24, 2.45) is 13.0 Å². The summed E-state index contributed by atoms with van der Waals surface area (Å²) in [6, 6.07) is 9.44. The van der Waals surface area contributed by atoms with Gasteiger partial charge in [0, 0.05) is 48.5 Å². The largest absolute Gasteiger partial charge is 0.455 e. The lowest BCUT2D eigenvalue weighted by Crippen LogP contribution is -2.18. The maximum Gasteiger partial charge on any atom is 0.228 e. The van der Waals surface area contributed by atoms with Crippen LogP contribution < -0.4 is 15.4 Å². The number of imidazole rings is 1. The Labute approximate surface area is 214 Å². The van der Waals surface area contributed by atoms with E-state index in [0.717, 1.165) is 24.1 Å². The molecular formula is C26H29N9O2. The monoisotopic (exact) mass is 499 g/mol. The minimum absolute atomic E-state index is 0.00725. The predicted octanol–water partition coefficient (Wildman–Crippen LogP) is 4.66. The molecule has 37 heavy (non-hydrogen) atoms. The summed E-state index contributed by atoms with van der Waals surface area (Å²) in [6.45, 7) is 6.87. The van der Waals surface area contributed by atoms with Gasteiger partial charge >= 0.3 is 0 Å². The fraction of sp³-hybridized carbons (Fsp3) is 0.385. The van der Waals surface area contributed by atoms with E-state index in [1.807, 2.05) is 28.4 Å². The van der Waals surface area contributed by atoms with Gasteiger partial charge in [0.1, 0.15) is 17.3 Å². The number of nitriles is 1. The molecule has 2 N–H and O–H groups in total. The summed E-state index contributed by atoms with van der Waals surface area (Å²) in [5.41, 5.74) is 2.24. The maximum absolute atomic E-state index is 12.0. The molecular weight excluding hydrogens is 470 g/mol. The zero-order chi connectivity index (χ0) is 26.2. The molecule has 4 aromatic heterocycles. The molecule has 1 aliphatic rings. The highest BCUT2D eigenvalue weighted by Gasteiger charge is 2.29. The molecule has 0 unspecified atom stereocenters. The van der Waals surface area contributed by atoms with Crippen molar-refractivity contribution in [2.45, 2.75) is 52.0 Å². The van der Waals surface area contributed by atoms with E-state index in [2.05, 4.69) is 57.5 Å². The van der Waals surface area contributed by atoms with Crippen LogP contribution in [0.1, 0.15) is 45.7 Å². The number of ether oxygens (including phenoxy) is 1. The first kappa shape index (κ1) is 24.2. The molecule has 0 radical (unpaired) electrons. The van der Waals surface area contributed by atoms with Crippen LogP contribution in [-0.4, -0.2) is 35.2 Å². The Morgan fingerprint density at radius 2 is 2.00 bits per heavy atom. The van der Waals surface area contributed by atoms with Crippen molar-refractivity contribution >= 4 is 34.7 Å². The number of carbonyl (C=O) groups excluding carboxylic acids is 1. The summed E-state index contributed by atoms with van der Waals surface area (Å²) in [4.78, 5) is 25.3. The van der Waals surface area contributed by atoms with Gasteiger partial charge in [0.05, 0.1) is 30.7 Å². The number of aromatic nitrogens is 6. The van der Waals surface area contributed by atoms with Gasteiger partial charge in [0.25, 0.3) is 0 Å². The average molecular weight is 500 g/mol. The first-order valence-corrected chi connectivity index (χ1v) is 12.2. The third-order valence-electron chi connectivity index (χ3n) is 6.10. The molecule has 0 aliphatic heterocycles. The summed E-state index contributed by atoms with van der Waals surface area (Å²) in [7, 11) is 1.89. The van der Waals surface area contributed by atoms with Gasteiger partial charge in [0.15, 0.2) is 11.5 Å². The molecule has 11 heteroatoms. The van der Waals surface area contributed by atoms with Gasteiger partial charge < -0.3 is 19.9 Å². The Bertz CT molecular complexity index is 1500. The molecule has 190 valence electrons. The van der Waals surface area contributed by atoms with E-state index in [1.54, 1.807) is 24.5 Å². The molecule has 0 atom stereocenters. The second-order valence-corrected chi connectivity index (χ2v) is 10.2. The van der Waals surface area contributed by atoms with Crippen LogP contribution in [0, 0.1) is 17.2 Å². The topological polar surface area (TPSA) is 136 Å². The van der Waals surface area contributed by atoms with Crippen LogP contribution in [0.4, 0.5) is 17.6 Å². The number of aryl methyl sites for hydroxylation is 2. The Balaban J connectivity index is 1.35. The quantitative estimate of drug-likeness (QED) is 0.357. The highest BCUT2D eigenvalue weighted by molar-refractivity contribution is 5.93. The highest BCUT2D eigenvalue weighted by atomic mass is 16.5. The van der Waals surface area contributed by atoms with E-state index in [9.17, 15) is 4.79 Å². The van der Waals surface area contributed by atoms with E-state index in [4.69, 9.17) is 10.00 Å². The summed E-state index contributed by atoms with van der Waals surface area (Å²) in [5.74, 6) is 2.85. The average Bonchev–Trinajstić information content (AvgIpc) is 3.56. The summed E-state index contributed by atoms with van der Waals surface area (Å²) >= 11 is 0. The number of pyridine rings is 2. The predicted molar refractivity (Wildman–Crippen MR) is 139 cm³/mol. The number of carbonyl (C=O) groups is 1. The van der Waals surface area contributed by atoms with E-state index in [0.29, 0.717) is 47.7 Å². The van der Waals surface area contributed by atoms with Crippen molar-refractivity contribution in [1.29, 1.82) is 5.26 Å². The SMILES string of the molecule is Cn1c(Nc2cc(C(C)(C)C)n(CCC#N)n2)nc2ncc(Oc3ccnc(NC(=O)C4CC4)c3)cc21. The van der Waals surface area contributed by atoms with Gasteiger partial charge in [-0.15, -0.1) is 0 Å². The van der Waals surface area contributed by atoms with E-state index in [-0.39, 0.29) is 17.2 Å². The van der Waals surface area contributed by atoms with Gasteiger partial charge in [-0.05, 0) is 18.9 Å². The second-order valence-electron chi connectivity index (χ2n) is 10.2. The van der Waals surface area contributed by atoms with Crippen LogP contribution in [0.3, 0.4) is 0 Å². The van der Waals surface area contributed by atoms with E-state index < -0.39 is 0 Å². The number of nitrogens with one attached hydrogen (secondary N) is 2. The molecule has 0 spiro atoms. The van der Waals surface area contributed by atoms with Crippen molar-refractivity contribution in [1.82, 2.24) is 29.3 Å². The molecule has 1 saturated carbocycles. The van der Waals surface area contributed by atoms with Crippen molar-refractivity contribution in [3.63, 3.8) is 0 Å². The molecule has 1 aliphatic carbocycles. The Morgan fingerprint density at radius 3 is 2.73 bits per heavy atom. The van der Waals surface area contributed by atoms with Crippen molar-refractivity contribution in [3.05, 3.63) is 42.4 Å². The van der Waals surface area contributed by atoms with Crippen molar-refractivity contribution in [3.8, 4) is 17.6 Å². The summed E-state index contributed by atoms with van der Waals surface area (Å²) < 4.78 is 9.76. The molecule has 5 rings (SSSR count). The van der Waals surface area contributed by atoms with Crippen LogP contribution in [-0.2, 0) is 23.8 Å². The van der Waals surface area contributed by atoms with E-state index in [1.165, 1.54) is 0 Å². The van der Waals surface area contributed by atoms with Gasteiger partial charge in [0.2, 0.25) is 11.9 Å². The van der Waals surface area contributed by atoms with Gasteiger partial charge in [-0.25, -0.2) is 9.97 Å². The van der Waals surface area contributed by atoms with Crippen molar-refractivity contribution < 1.29 is 9.53 Å². The number of fused-ring (bicyclic) bond motifs is 1. The smallest absolute Gasteiger partial charge is 0.228 e. The zero-order valence-corrected chi connectivity index (χ0v) is 21.3. The number of nitrogens with zero attached hydrogens (tertiary/aromatic N) is 7. The lowest BCUT2D eigenvalue weighted by molar-refractivity contribution is -0.117. The molecule has 0 aromatic carbocycles.